The Hall–Kier alpha value is -1.63. The van der Waals surface area contributed by atoms with Gasteiger partial charge in [0.15, 0.2) is 17.7 Å². The molecule has 1 aromatic heterocycles. The van der Waals surface area contributed by atoms with E-state index in [1.807, 2.05) is 0 Å². The van der Waals surface area contributed by atoms with Gasteiger partial charge in [0, 0.05) is 0 Å². The number of amides is 1. The highest BCUT2D eigenvalue weighted by atomic mass is 79.9. The molecule has 0 spiro atoms. The number of pyridine rings is 1. The van der Waals surface area contributed by atoms with E-state index in [1.165, 1.54) is 0 Å². The summed E-state index contributed by atoms with van der Waals surface area (Å²) in [6.07, 6.45) is -1.38. The number of carboxylic acid groups (broad SMARTS) is 1. The van der Waals surface area contributed by atoms with Crippen molar-refractivity contribution in [3.8, 4) is 5.75 Å². The monoisotopic (exact) mass is 286 g/mol. The van der Waals surface area contributed by atoms with E-state index < -0.39 is 18.0 Å². The first-order chi connectivity index (χ1) is 7.56. The van der Waals surface area contributed by atoms with Crippen LogP contribution >= 0.6 is 15.9 Å². The van der Waals surface area contributed by atoms with E-state index >= 15 is 0 Å². The highest BCUT2D eigenvalue weighted by molar-refractivity contribution is 9.10. The highest BCUT2D eigenvalue weighted by Crippen LogP contribution is 2.29. The van der Waals surface area contributed by atoms with Gasteiger partial charge >= 0.3 is 5.97 Å². The van der Waals surface area contributed by atoms with E-state index in [9.17, 15) is 9.59 Å². The lowest BCUT2D eigenvalue weighted by atomic mass is 10.2. The summed E-state index contributed by atoms with van der Waals surface area (Å²) in [7, 11) is 0. The fraction of sp³-hybridized carbons (Fsp3) is 0.222. The van der Waals surface area contributed by atoms with Crippen LogP contribution in [0, 0.1) is 0 Å². The van der Waals surface area contributed by atoms with Crippen molar-refractivity contribution in [3.05, 3.63) is 16.7 Å². The number of fused-ring (bicyclic) bond motifs is 1. The lowest BCUT2D eigenvalue weighted by Gasteiger charge is -2.23. The van der Waals surface area contributed by atoms with Crippen LogP contribution in [0.2, 0.25) is 0 Å². The topological polar surface area (TPSA) is 88.5 Å². The Kier molecular flexibility index (Phi) is 2.78. The molecule has 0 aliphatic carbocycles. The number of ether oxygens (including phenoxy) is 1. The van der Waals surface area contributed by atoms with E-state index in [1.54, 1.807) is 12.1 Å². The SMILES string of the molecule is O=C(O)CC1Oc2ccc(Br)nc2NC1=O. The molecule has 2 N–H and O–H groups in total. The van der Waals surface area contributed by atoms with Crippen molar-refractivity contribution in [1.29, 1.82) is 0 Å². The Balaban J connectivity index is 2.25. The summed E-state index contributed by atoms with van der Waals surface area (Å²) in [5, 5.41) is 11.1. The zero-order valence-electron chi connectivity index (χ0n) is 7.94. The number of carbonyl (C=O) groups is 2. The van der Waals surface area contributed by atoms with Gasteiger partial charge in [0.25, 0.3) is 5.91 Å². The molecule has 0 aromatic carbocycles. The molecule has 0 fully saturated rings. The van der Waals surface area contributed by atoms with Gasteiger partial charge < -0.3 is 15.2 Å². The summed E-state index contributed by atoms with van der Waals surface area (Å²) in [6, 6.07) is 3.26. The molecule has 0 saturated heterocycles. The summed E-state index contributed by atoms with van der Waals surface area (Å²) in [4.78, 5) is 25.9. The average molecular weight is 287 g/mol. The van der Waals surface area contributed by atoms with Crippen molar-refractivity contribution in [2.45, 2.75) is 12.5 Å². The third-order valence-electron chi connectivity index (χ3n) is 1.99. The lowest BCUT2D eigenvalue weighted by Crippen LogP contribution is -2.38. The predicted molar refractivity (Wildman–Crippen MR) is 57.2 cm³/mol. The second kappa shape index (κ2) is 4.09. The Morgan fingerprint density at radius 3 is 3.06 bits per heavy atom. The van der Waals surface area contributed by atoms with E-state index in [-0.39, 0.29) is 6.42 Å². The summed E-state index contributed by atoms with van der Waals surface area (Å²) in [5.41, 5.74) is 0. The number of hydrogen-bond acceptors (Lipinski definition) is 4. The Bertz CT molecular complexity index is 463. The summed E-state index contributed by atoms with van der Waals surface area (Å²) >= 11 is 3.15. The van der Waals surface area contributed by atoms with Gasteiger partial charge in [-0.15, -0.1) is 0 Å². The number of halogens is 1. The number of hydrogen-bond donors (Lipinski definition) is 2. The van der Waals surface area contributed by atoms with E-state index in [0.717, 1.165) is 0 Å². The molecular weight excluding hydrogens is 280 g/mol. The van der Waals surface area contributed by atoms with Crippen LogP contribution < -0.4 is 10.1 Å². The molecule has 16 heavy (non-hydrogen) atoms. The number of carbonyl (C=O) groups excluding carboxylic acids is 1. The molecule has 0 saturated carbocycles. The Morgan fingerprint density at radius 2 is 2.38 bits per heavy atom. The maximum absolute atomic E-state index is 11.4. The normalized spacial score (nSPS) is 18.3. The van der Waals surface area contributed by atoms with Crippen molar-refractivity contribution in [2.24, 2.45) is 0 Å². The smallest absolute Gasteiger partial charge is 0.307 e. The molecule has 1 aliphatic heterocycles. The van der Waals surface area contributed by atoms with Gasteiger partial charge in [-0.25, -0.2) is 4.98 Å². The quantitative estimate of drug-likeness (QED) is 0.793. The Labute approximate surface area is 98.8 Å². The van der Waals surface area contributed by atoms with Crippen LogP contribution in [0.25, 0.3) is 0 Å². The largest absolute Gasteiger partial charge is 0.481 e. The molecular formula is C9H7BrN2O4. The second-order valence-electron chi connectivity index (χ2n) is 3.17. The van der Waals surface area contributed by atoms with Crippen LogP contribution in [0.5, 0.6) is 5.75 Å². The van der Waals surface area contributed by atoms with E-state index in [2.05, 4.69) is 26.2 Å². The minimum absolute atomic E-state index is 0.293. The zero-order valence-corrected chi connectivity index (χ0v) is 9.52. The summed E-state index contributed by atoms with van der Waals surface area (Å²) in [6.45, 7) is 0. The number of nitrogens with zero attached hydrogens (tertiary/aromatic N) is 1. The van der Waals surface area contributed by atoms with Crippen molar-refractivity contribution in [1.82, 2.24) is 4.98 Å². The standard InChI is InChI=1S/C9H7BrN2O4/c10-6-2-1-4-8(11-6)12-9(15)5(16-4)3-7(13)14/h1-2,5H,3H2,(H,13,14)(H,11,12,15). The molecule has 7 heteroatoms. The van der Waals surface area contributed by atoms with Crippen molar-refractivity contribution in [3.63, 3.8) is 0 Å². The van der Waals surface area contributed by atoms with Crippen molar-refractivity contribution in [2.75, 3.05) is 5.32 Å². The van der Waals surface area contributed by atoms with Crippen LogP contribution in [0.15, 0.2) is 16.7 Å². The zero-order chi connectivity index (χ0) is 11.7. The molecule has 1 aliphatic rings. The van der Waals surface area contributed by atoms with E-state index in [0.29, 0.717) is 16.2 Å². The fourth-order valence-corrected chi connectivity index (χ4v) is 1.61. The van der Waals surface area contributed by atoms with Gasteiger partial charge in [0.1, 0.15) is 4.60 Å². The molecule has 6 nitrogen and oxygen atoms in total. The van der Waals surface area contributed by atoms with Gasteiger partial charge in [0.05, 0.1) is 6.42 Å². The average Bonchev–Trinajstić information content (AvgIpc) is 2.19. The number of aromatic nitrogens is 1. The molecule has 2 rings (SSSR count). The van der Waals surface area contributed by atoms with Crippen LogP contribution in [0.3, 0.4) is 0 Å². The van der Waals surface area contributed by atoms with Crippen LogP contribution in [-0.4, -0.2) is 28.1 Å². The first-order valence-corrected chi connectivity index (χ1v) is 5.21. The summed E-state index contributed by atoms with van der Waals surface area (Å²) in [5.74, 6) is -0.927. The van der Waals surface area contributed by atoms with Gasteiger partial charge in [0.2, 0.25) is 0 Å². The fourth-order valence-electron chi connectivity index (χ4n) is 1.30. The van der Waals surface area contributed by atoms with E-state index in [4.69, 9.17) is 9.84 Å². The number of rotatable bonds is 2. The highest BCUT2D eigenvalue weighted by Gasteiger charge is 2.30. The minimum atomic E-state index is -1.09. The molecule has 1 aromatic rings. The van der Waals surface area contributed by atoms with Gasteiger partial charge in [-0.05, 0) is 28.1 Å². The van der Waals surface area contributed by atoms with Crippen LogP contribution in [0.4, 0.5) is 5.82 Å². The first-order valence-electron chi connectivity index (χ1n) is 4.42. The summed E-state index contributed by atoms with van der Waals surface area (Å²) < 4.78 is 5.80. The number of carboxylic acids is 1. The molecule has 0 radical (unpaired) electrons. The predicted octanol–water partition coefficient (Wildman–Crippen LogP) is 1.02. The maximum Gasteiger partial charge on any atom is 0.307 e. The molecule has 1 amide bonds. The lowest BCUT2D eigenvalue weighted by molar-refractivity contribution is -0.142. The van der Waals surface area contributed by atoms with Crippen molar-refractivity contribution < 1.29 is 19.4 Å². The van der Waals surface area contributed by atoms with Crippen LogP contribution in [-0.2, 0) is 9.59 Å². The molecule has 1 unspecified atom stereocenters. The van der Waals surface area contributed by atoms with Gasteiger partial charge in [-0.2, -0.15) is 0 Å². The van der Waals surface area contributed by atoms with Crippen molar-refractivity contribution >= 4 is 33.6 Å². The Morgan fingerprint density at radius 1 is 1.62 bits per heavy atom. The van der Waals surface area contributed by atoms with Crippen LogP contribution in [0.1, 0.15) is 6.42 Å². The molecule has 1 atom stereocenters. The number of anilines is 1. The third-order valence-corrected chi connectivity index (χ3v) is 2.43. The minimum Gasteiger partial charge on any atom is -0.481 e. The van der Waals surface area contributed by atoms with Gasteiger partial charge in [-0.1, -0.05) is 0 Å². The molecule has 0 bridgehead atoms. The van der Waals surface area contributed by atoms with Gasteiger partial charge in [-0.3, -0.25) is 9.59 Å². The number of aliphatic carboxylic acids is 1. The third kappa shape index (κ3) is 2.13. The first kappa shape index (κ1) is 10.9. The maximum atomic E-state index is 11.4. The second-order valence-corrected chi connectivity index (χ2v) is 3.99. The number of nitrogens with one attached hydrogen (secondary N) is 1. The molecule has 2 heterocycles. The molecule has 84 valence electrons.